The zero-order valence-electron chi connectivity index (χ0n) is 19.2. The van der Waals surface area contributed by atoms with Gasteiger partial charge in [0.2, 0.25) is 0 Å². The van der Waals surface area contributed by atoms with Crippen LogP contribution in [0.2, 0.25) is 5.02 Å². The van der Waals surface area contributed by atoms with E-state index in [2.05, 4.69) is 57.7 Å². The molecule has 0 bridgehead atoms. The van der Waals surface area contributed by atoms with Gasteiger partial charge in [0.15, 0.2) is 0 Å². The highest BCUT2D eigenvalue weighted by Gasteiger charge is 2.36. The third kappa shape index (κ3) is 5.35. The first-order valence-electron chi connectivity index (χ1n) is 10.8. The molecule has 4 rings (SSSR count). The van der Waals surface area contributed by atoms with Crippen molar-refractivity contribution in [3.8, 4) is 5.75 Å². The van der Waals surface area contributed by atoms with Gasteiger partial charge in [-0.15, -0.1) is 0 Å². The second-order valence-corrected chi connectivity index (χ2v) is 11.0. The molecule has 0 aliphatic carbocycles. The number of hydrogen-bond acceptors (Lipinski definition) is 3. The van der Waals surface area contributed by atoms with Crippen LogP contribution in [0, 0.1) is 0 Å². The Labute approximate surface area is 222 Å². The number of nitrogens with zero attached hydrogens (tertiary/aromatic N) is 2. The van der Waals surface area contributed by atoms with E-state index in [4.69, 9.17) is 16.3 Å². The minimum Gasteiger partial charge on any atom is -0.488 e. The van der Waals surface area contributed by atoms with Crippen LogP contribution in [0.25, 0.3) is 6.08 Å². The van der Waals surface area contributed by atoms with Gasteiger partial charge in [0.1, 0.15) is 12.4 Å². The first-order valence-corrected chi connectivity index (χ1v) is 12.8. The third-order valence-corrected chi connectivity index (χ3v) is 7.53. The van der Waals surface area contributed by atoms with Gasteiger partial charge in [0.25, 0.3) is 5.91 Å². The number of anilines is 2. The maximum Gasteiger partial charge on any atom is 0.251 e. The van der Waals surface area contributed by atoms with Gasteiger partial charge in [0, 0.05) is 44.8 Å². The lowest BCUT2D eigenvalue weighted by Crippen LogP contribution is -2.55. The van der Waals surface area contributed by atoms with Crippen molar-refractivity contribution in [3.05, 3.63) is 91.8 Å². The fraction of sp³-hybridized carbons (Fsp3) is 0.222. The van der Waals surface area contributed by atoms with Crippen LogP contribution in [0.5, 0.6) is 5.75 Å². The lowest BCUT2D eigenvalue weighted by atomic mass is 9.96. The molecule has 4 nitrogen and oxygen atoms in total. The highest BCUT2D eigenvalue weighted by atomic mass is 79.9. The number of rotatable bonds is 5. The smallest absolute Gasteiger partial charge is 0.251 e. The molecule has 3 aromatic rings. The van der Waals surface area contributed by atoms with Gasteiger partial charge in [-0.2, -0.15) is 0 Å². The second kappa shape index (κ2) is 10.1. The van der Waals surface area contributed by atoms with E-state index in [-0.39, 0.29) is 11.4 Å². The summed E-state index contributed by atoms with van der Waals surface area (Å²) in [7, 11) is 2.06. The standard InChI is InChI=1S/C27H25Br2ClN2O2/c1-27(2)17-32(23-11-9-20(28)15-24(23)31(27)3)26(33)13-8-18-14-21(30)10-12-25(18)34-16-19-6-4-5-7-22(19)29/h4-15H,16-17H2,1-3H3/b13-8+. The molecule has 34 heavy (non-hydrogen) atoms. The van der Waals surface area contributed by atoms with Gasteiger partial charge < -0.3 is 14.5 Å². The number of hydrogen-bond donors (Lipinski definition) is 0. The molecule has 0 radical (unpaired) electrons. The quantitative estimate of drug-likeness (QED) is 0.280. The monoisotopic (exact) mass is 602 g/mol. The summed E-state index contributed by atoms with van der Waals surface area (Å²) in [5, 5.41) is 0.580. The molecule has 0 atom stereocenters. The molecule has 0 fully saturated rings. The highest BCUT2D eigenvalue weighted by Crippen LogP contribution is 2.40. The van der Waals surface area contributed by atoms with E-state index in [9.17, 15) is 4.79 Å². The van der Waals surface area contributed by atoms with E-state index in [1.54, 1.807) is 24.3 Å². The van der Waals surface area contributed by atoms with E-state index >= 15 is 0 Å². The van der Waals surface area contributed by atoms with Crippen LogP contribution < -0.4 is 14.5 Å². The molecule has 0 saturated heterocycles. The van der Waals surface area contributed by atoms with Gasteiger partial charge in [-0.3, -0.25) is 4.79 Å². The zero-order chi connectivity index (χ0) is 24.5. The van der Waals surface area contributed by atoms with E-state index < -0.39 is 0 Å². The molecule has 3 aromatic carbocycles. The lowest BCUT2D eigenvalue weighted by Gasteiger charge is -2.47. The molecular formula is C27H25Br2ClN2O2. The number of halogens is 3. The van der Waals surface area contributed by atoms with Crippen LogP contribution >= 0.6 is 43.5 Å². The Morgan fingerprint density at radius 1 is 1.09 bits per heavy atom. The summed E-state index contributed by atoms with van der Waals surface area (Å²) >= 11 is 13.4. The van der Waals surface area contributed by atoms with Crippen molar-refractivity contribution in [3.63, 3.8) is 0 Å². The molecule has 1 aliphatic rings. The van der Waals surface area contributed by atoms with Crippen molar-refractivity contribution in [2.75, 3.05) is 23.4 Å². The summed E-state index contributed by atoms with van der Waals surface area (Å²) in [4.78, 5) is 17.4. The SMILES string of the molecule is CN1c2cc(Br)ccc2N(C(=O)/C=C/c2cc(Cl)ccc2OCc2ccccc2Br)CC1(C)C. The second-order valence-electron chi connectivity index (χ2n) is 8.82. The zero-order valence-corrected chi connectivity index (χ0v) is 23.1. The average Bonchev–Trinajstić information content (AvgIpc) is 2.80. The first kappa shape index (κ1) is 24.8. The van der Waals surface area contributed by atoms with Crippen molar-refractivity contribution < 1.29 is 9.53 Å². The summed E-state index contributed by atoms with van der Waals surface area (Å²) in [5.74, 6) is 0.564. The first-order chi connectivity index (χ1) is 16.2. The summed E-state index contributed by atoms with van der Waals surface area (Å²) < 4.78 is 8.04. The number of carbonyl (C=O) groups excluding carboxylic acids is 1. The summed E-state index contributed by atoms with van der Waals surface area (Å²) in [6.07, 6.45) is 3.36. The maximum absolute atomic E-state index is 13.4. The molecular weight excluding hydrogens is 580 g/mol. The molecule has 1 aliphatic heterocycles. The number of benzene rings is 3. The van der Waals surface area contributed by atoms with E-state index in [0.717, 1.165) is 31.4 Å². The van der Waals surface area contributed by atoms with Gasteiger partial charge >= 0.3 is 0 Å². The number of amides is 1. The minimum atomic E-state index is -0.218. The molecule has 0 unspecified atom stereocenters. The van der Waals surface area contributed by atoms with Gasteiger partial charge in [0.05, 0.1) is 16.9 Å². The molecule has 1 heterocycles. The van der Waals surface area contributed by atoms with Crippen LogP contribution in [0.3, 0.4) is 0 Å². The maximum atomic E-state index is 13.4. The van der Waals surface area contributed by atoms with Gasteiger partial charge in [-0.25, -0.2) is 0 Å². The lowest BCUT2D eigenvalue weighted by molar-refractivity contribution is -0.114. The van der Waals surface area contributed by atoms with Crippen molar-refractivity contribution in [1.29, 1.82) is 0 Å². The predicted octanol–water partition coefficient (Wildman–Crippen LogP) is 7.72. The van der Waals surface area contributed by atoms with Crippen molar-refractivity contribution in [2.45, 2.75) is 26.0 Å². The molecule has 0 aromatic heterocycles. The summed E-state index contributed by atoms with van der Waals surface area (Å²) in [6, 6.07) is 19.3. The van der Waals surface area contributed by atoms with Crippen molar-refractivity contribution >= 4 is 66.8 Å². The number of ether oxygens (including phenoxy) is 1. The molecule has 176 valence electrons. The topological polar surface area (TPSA) is 32.8 Å². The van der Waals surface area contributed by atoms with Gasteiger partial charge in [-0.1, -0.05) is 61.7 Å². The average molecular weight is 605 g/mol. The Morgan fingerprint density at radius 3 is 2.62 bits per heavy atom. The van der Waals surface area contributed by atoms with Crippen molar-refractivity contribution in [1.82, 2.24) is 0 Å². The Kier molecular flexibility index (Phi) is 7.41. The van der Waals surface area contributed by atoms with Crippen molar-refractivity contribution in [2.24, 2.45) is 0 Å². The van der Waals surface area contributed by atoms with Crippen LogP contribution in [-0.2, 0) is 11.4 Å². The Bertz CT molecular complexity index is 1260. The van der Waals surface area contributed by atoms with Crippen LogP contribution in [-0.4, -0.2) is 25.0 Å². The number of carbonyl (C=O) groups is 1. The van der Waals surface area contributed by atoms with Gasteiger partial charge in [-0.05, 0) is 62.4 Å². The molecule has 0 spiro atoms. The molecule has 0 N–H and O–H groups in total. The summed E-state index contributed by atoms with van der Waals surface area (Å²) in [5.41, 5.74) is 3.46. The number of likely N-dealkylation sites (N-methyl/N-ethyl adjacent to an activating group) is 1. The summed E-state index contributed by atoms with van der Waals surface area (Å²) in [6.45, 7) is 5.23. The third-order valence-electron chi connectivity index (χ3n) is 6.03. The van der Waals surface area contributed by atoms with E-state index in [0.29, 0.717) is 23.9 Å². The van der Waals surface area contributed by atoms with Crippen LogP contribution in [0.15, 0.2) is 75.7 Å². The fourth-order valence-corrected chi connectivity index (χ4v) is 4.83. The van der Waals surface area contributed by atoms with E-state index in [1.165, 1.54) is 0 Å². The Morgan fingerprint density at radius 2 is 1.85 bits per heavy atom. The predicted molar refractivity (Wildman–Crippen MR) is 148 cm³/mol. The van der Waals surface area contributed by atoms with Crippen LogP contribution in [0.1, 0.15) is 25.0 Å². The minimum absolute atomic E-state index is 0.0959. The van der Waals surface area contributed by atoms with E-state index in [1.807, 2.05) is 53.4 Å². The molecule has 1 amide bonds. The number of fused-ring (bicyclic) bond motifs is 1. The molecule has 0 saturated carbocycles. The highest BCUT2D eigenvalue weighted by molar-refractivity contribution is 9.10. The normalized spacial score (nSPS) is 14.9. The fourth-order valence-electron chi connectivity index (χ4n) is 3.90. The Balaban J connectivity index is 1.59. The Hall–Kier alpha value is -2.28. The largest absolute Gasteiger partial charge is 0.488 e. The van der Waals surface area contributed by atoms with Crippen LogP contribution in [0.4, 0.5) is 11.4 Å². The molecule has 7 heteroatoms.